The lowest BCUT2D eigenvalue weighted by Gasteiger charge is -2.23. The maximum absolute atomic E-state index is 13.2. The summed E-state index contributed by atoms with van der Waals surface area (Å²) in [6.45, 7) is 9.01. The first-order valence-electron chi connectivity index (χ1n) is 6.17. The van der Waals surface area contributed by atoms with Gasteiger partial charge in [-0.2, -0.15) is 0 Å². The number of ether oxygens (including phenoxy) is 1. The Balaban J connectivity index is 2.78. The van der Waals surface area contributed by atoms with Gasteiger partial charge in [-0.05, 0) is 44.9 Å². The van der Waals surface area contributed by atoms with Gasteiger partial charge in [0.15, 0.2) is 0 Å². The zero-order valence-corrected chi connectivity index (χ0v) is 11.6. The number of hydrogen-bond donors (Lipinski definition) is 1. The molecule has 0 fully saturated rings. The van der Waals surface area contributed by atoms with E-state index < -0.39 is 11.7 Å². The molecule has 1 rings (SSSR count). The van der Waals surface area contributed by atoms with Crippen LogP contribution in [-0.4, -0.2) is 11.7 Å². The molecule has 0 aliphatic rings. The van der Waals surface area contributed by atoms with E-state index in [1.54, 1.807) is 39.0 Å². The number of halogens is 1. The van der Waals surface area contributed by atoms with Crippen molar-refractivity contribution in [3.05, 3.63) is 48.3 Å². The van der Waals surface area contributed by atoms with E-state index in [9.17, 15) is 9.18 Å². The molecule has 19 heavy (non-hydrogen) atoms. The molecule has 0 bridgehead atoms. The van der Waals surface area contributed by atoms with Gasteiger partial charge in [-0.1, -0.05) is 18.2 Å². The number of carbonyl (C=O) groups excluding carboxylic acids is 1. The van der Waals surface area contributed by atoms with Gasteiger partial charge in [0, 0.05) is 0 Å². The van der Waals surface area contributed by atoms with Gasteiger partial charge in [0.05, 0.1) is 6.04 Å². The van der Waals surface area contributed by atoms with E-state index in [-0.39, 0.29) is 11.9 Å². The highest BCUT2D eigenvalue weighted by atomic mass is 19.1. The molecule has 0 aliphatic heterocycles. The highest BCUT2D eigenvalue weighted by Gasteiger charge is 2.20. The molecule has 0 aliphatic carbocycles. The molecule has 0 heterocycles. The second-order valence-corrected chi connectivity index (χ2v) is 5.28. The second-order valence-electron chi connectivity index (χ2n) is 5.28. The maximum atomic E-state index is 13.2. The van der Waals surface area contributed by atoms with Crippen molar-refractivity contribution in [3.8, 4) is 0 Å². The van der Waals surface area contributed by atoms with Crippen LogP contribution < -0.4 is 5.32 Å². The molecule has 0 aromatic heterocycles. The van der Waals surface area contributed by atoms with Crippen LogP contribution in [0.5, 0.6) is 0 Å². The number of benzene rings is 1. The number of alkyl carbamates (subject to hydrolysis) is 1. The van der Waals surface area contributed by atoms with E-state index in [2.05, 4.69) is 11.9 Å². The first-order chi connectivity index (χ1) is 8.81. The molecular weight excluding hydrogens is 245 g/mol. The molecule has 0 unspecified atom stereocenters. The molecule has 0 radical (unpaired) electrons. The van der Waals surface area contributed by atoms with Gasteiger partial charge in [0.1, 0.15) is 11.4 Å². The second kappa shape index (κ2) is 6.36. The molecular formula is C15H20FNO2. The average Bonchev–Trinajstić information content (AvgIpc) is 2.26. The summed E-state index contributed by atoms with van der Waals surface area (Å²) in [5.74, 6) is -0.336. The Bertz CT molecular complexity index is 452. The number of amides is 1. The maximum Gasteiger partial charge on any atom is 0.408 e. The summed E-state index contributed by atoms with van der Waals surface area (Å²) < 4.78 is 18.4. The van der Waals surface area contributed by atoms with Crippen LogP contribution in [0.2, 0.25) is 0 Å². The Hall–Kier alpha value is -1.84. The van der Waals surface area contributed by atoms with Crippen molar-refractivity contribution in [1.29, 1.82) is 0 Å². The zero-order chi connectivity index (χ0) is 14.5. The lowest BCUT2D eigenvalue weighted by atomic mass is 10.0. The summed E-state index contributed by atoms with van der Waals surface area (Å²) in [7, 11) is 0. The molecule has 0 spiro atoms. The van der Waals surface area contributed by atoms with Gasteiger partial charge in [-0.25, -0.2) is 9.18 Å². The number of hydrogen-bond acceptors (Lipinski definition) is 2. The molecule has 3 nitrogen and oxygen atoms in total. The third-order valence-electron chi connectivity index (χ3n) is 2.34. The van der Waals surface area contributed by atoms with Gasteiger partial charge in [-0.3, -0.25) is 0 Å². The van der Waals surface area contributed by atoms with E-state index in [0.717, 1.165) is 0 Å². The largest absolute Gasteiger partial charge is 0.444 e. The van der Waals surface area contributed by atoms with Crippen molar-refractivity contribution in [2.75, 3.05) is 0 Å². The molecule has 1 N–H and O–H groups in total. The molecule has 0 saturated carbocycles. The van der Waals surface area contributed by atoms with Crippen molar-refractivity contribution in [2.45, 2.75) is 38.8 Å². The Morgan fingerprint density at radius 1 is 1.53 bits per heavy atom. The van der Waals surface area contributed by atoms with Crippen LogP contribution in [0.1, 0.15) is 38.8 Å². The standard InChI is InChI=1S/C15H20FNO2/c1-5-7-13(11-8-6-9-12(16)10-11)17-14(18)19-15(2,3)4/h5-6,8-10,13H,1,7H2,2-4H3,(H,17,18)/t13-/m0/s1. The molecule has 104 valence electrons. The summed E-state index contributed by atoms with van der Waals surface area (Å²) in [6, 6.07) is 5.78. The van der Waals surface area contributed by atoms with Crippen LogP contribution in [0.4, 0.5) is 9.18 Å². The third-order valence-corrected chi connectivity index (χ3v) is 2.34. The summed E-state index contributed by atoms with van der Waals surface area (Å²) in [4.78, 5) is 11.7. The summed E-state index contributed by atoms with van der Waals surface area (Å²) in [6.07, 6.45) is 1.65. The predicted molar refractivity (Wildman–Crippen MR) is 73.3 cm³/mol. The Morgan fingerprint density at radius 2 is 2.21 bits per heavy atom. The van der Waals surface area contributed by atoms with E-state index in [1.165, 1.54) is 12.1 Å². The number of nitrogens with one attached hydrogen (secondary N) is 1. The summed E-state index contributed by atoms with van der Waals surface area (Å²) in [5, 5.41) is 2.72. The monoisotopic (exact) mass is 265 g/mol. The van der Waals surface area contributed by atoms with Gasteiger partial charge in [0.2, 0.25) is 0 Å². The van der Waals surface area contributed by atoms with Crippen molar-refractivity contribution in [1.82, 2.24) is 5.32 Å². The molecule has 0 saturated heterocycles. The summed E-state index contributed by atoms with van der Waals surface area (Å²) >= 11 is 0. The molecule has 1 aromatic rings. The summed E-state index contributed by atoms with van der Waals surface area (Å²) in [5.41, 5.74) is 0.121. The van der Waals surface area contributed by atoms with E-state index in [0.29, 0.717) is 12.0 Å². The van der Waals surface area contributed by atoms with Crippen LogP contribution in [0.3, 0.4) is 0 Å². The van der Waals surface area contributed by atoms with Gasteiger partial charge in [-0.15, -0.1) is 6.58 Å². The van der Waals surface area contributed by atoms with Gasteiger partial charge >= 0.3 is 6.09 Å². The zero-order valence-electron chi connectivity index (χ0n) is 11.6. The molecule has 1 aromatic carbocycles. The minimum Gasteiger partial charge on any atom is -0.444 e. The van der Waals surface area contributed by atoms with E-state index in [1.807, 2.05) is 0 Å². The van der Waals surface area contributed by atoms with Gasteiger partial charge in [0.25, 0.3) is 0 Å². The highest BCUT2D eigenvalue weighted by Crippen LogP contribution is 2.19. The van der Waals surface area contributed by atoms with Crippen LogP contribution in [0.15, 0.2) is 36.9 Å². The van der Waals surface area contributed by atoms with Crippen LogP contribution in [0, 0.1) is 5.82 Å². The molecule has 1 amide bonds. The number of rotatable bonds is 4. The fourth-order valence-corrected chi connectivity index (χ4v) is 1.62. The molecule has 1 atom stereocenters. The fourth-order valence-electron chi connectivity index (χ4n) is 1.62. The Morgan fingerprint density at radius 3 is 2.74 bits per heavy atom. The van der Waals surface area contributed by atoms with Gasteiger partial charge < -0.3 is 10.1 Å². The van der Waals surface area contributed by atoms with E-state index >= 15 is 0 Å². The normalized spacial score (nSPS) is 12.6. The quantitative estimate of drug-likeness (QED) is 0.837. The van der Waals surface area contributed by atoms with Crippen LogP contribution >= 0.6 is 0 Å². The SMILES string of the molecule is C=CC[C@H](NC(=O)OC(C)(C)C)c1cccc(F)c1. The first-order valence-corrected chi connectivity index (χ1v) is 6.17. The third kappa shape index (κ3) is 5.55. The van der Waals surface area contributed by atoms with E-state index in [4.69, 9.17) is 4.74 Å². The van der Waals surface area contributed by atoms with Crippen molar-refractivity contribution in [3.63, 3.8) is 0 Å². The van der Waals surface area contributed by atoms with Crippen LogP contribution in [-0.2, 0) is 4.74 Å². The van der Waals surface area contributed by atoms with Crippen molar-refractivity contribution < 1.29 is 13.9 Å². The smallest absolute Gasteiger partial charge is 0.408 e. The Labute approximate surface area is 113 Å². The first kappa shape index (κ1) is 15.2. The van der Waals surface area contributed by atoms with Crippen molar-refractivity contribution >= 4 is 6.09 Å². The minimum atomic E-state index is -0.565. The number of carbonyl (C=O) groups is 1. The fraction of sp³-hybridized carbons (Fsp3) is 0.400. The van der Waals surface area contributed by atoms with Crippen molar-refractivity contribution in [2.24, 2.45) is 0 Å². The topological polar surface area (TPSA) is 38.3 Å². The Kier molecular flexibility index (Phi) is 5.10. The lowest BCUT2D eigenvalue weighted by Crippen LogP contribution is -2.34. The predicted octanol–water partition coefficient (Wildman–Crippen LogP) is 3.97. The molecule has 4 heteroatoms. The lowest BCUT2D eigenvalue weighted by molar-refractivity contribution is 0.0504. The highest BCUT2D eigenvalue weighted by molar-refractivity contribution is 5.68. The average molecular weight is 265 g/mol. The minimum absolute atomic E-state index is 0.336. The van der Waals surface area contributed by atoms with Crippen LogP contribution in [0.25, 0.3) is 0 Å².